The van der Waals surface area contributed by atoms with E-state index >= 15 is 0 Å². The second-order valence-corrected chi connectivity index (χ2v) is 6.35. The lowest BCUT2D eigenvalue weighted by Gasteiger charge is -2.40. The number of nitro groups is 1. The van der Waals surface area contributed by atoms with Gasteiger partial charge >= 0.3 is 0 Å². The highest BCUT2D eigenvalue weighted by atomic mass is 79.9. The van der Waals surface area contributed by atoms with Crippen molar-refractivity contribution in [1.82, 2.24) is 0 Å². The molecule has 21 heavy (non-hydrogen) atoms. The van der Waals surface area contributed by atoms with Crippen LogP contribution in [-0.2, 0) is 4.74 Å². The second-order valence-electron chi connectivity index (χ2n) is 5.49. The van der Waals surface area contributed by atoms with E-state index in [1.165, 1.54) is 12.1 Å². The highest BCUT2D eigenvalue weighted by Crippen LogP contribution is 2.34. The third-order valence-electron chi connectivity index (χ3n) is 4.30. The molecule has 0 saturated carbocycles. The Hall–Kier alpha value is -1.14. The van der Waals surface area contributed by atoms with Gasteiger partial charge in [-0.1, -0.05) is 13.8 Å². The number of hydrogen-bond acceptors (Lipinski definition) is 4. The van der Waals surface area contributed by atoms with Crippen LogP contribution < -0.4 is 5.32 Å². The largest absolute Gasteiger partial charge is 0.381 e. The van der Waals surface area contributed by atoms with Crippen molar-refractivity contribution < 1.29 is 9.66 Å². The molecule has 0 aromatic heterocycles. The zero-order chi connectivity index (χ0) is 15.5. The first kappa shape index (κ1) is 16.2. The van der Waals surface area contributed by atoms with Gasteiger partial charge in [0, 0.05) is 34.9 Å². The summed E-state index contributed by atoms with van der Waals surface area (Å²) in [7, 11) is 0. The zero-order valence-electron chi connectivity index (χ0n) is 12.4. The number of non-ortho nitro benzene ring substituents is 1. The van der Waals surface area contributed by atoms with E-state index in [1.54, 1.807) is 6.07 Å². The Labute approximate surface area is 133 Å². The van der Waals surface area contributed by atoms with Gasteiger partial charge in [-0.25, -0.2) is 0 Å². The molecule has 0 radical (unpaired) electrons. The first-order valence-electron chi connectivity index (χ1n) is 7.34. The van der Waals surface area contributed by atoms with Crippen molar-refractivity contribution in [1.29, 1.82) is 0 Å². The molecule has 0 spiro atoms. The molecule has 1 N–H and O–H groups in total. The lowest BCUT2D eigenvalue weighted by atomic mass is 9.86. The maximum absolute atomic E-state index is 10.8. The Balaban J connectivity index is 2.09. The highest BCUT2D eigenvalue weighted by molar-refractivity contribution is 9.10. The first-order valence-corrected chi connectivity index (χ1v) is 8.13. The number of ether oxygens (including phenoxy) is 1. The minimum absolute atomic E-state index is 0.0385. The molecule has 0 amide bonds. The summed E-state index contributed by atoms with van der Waals surface area (Å²) in [5.41, 5.74) is 0.952. The molecule has 1 unspecified atom stereocenters. The summed E-state index contributed by atoms with van der Waals surface area (Å²) in [5.74, 6) is 0. The Morgan fingerprint density at radius 3 is 2.76 bits per heavy atom. The van der Waals surface area contributed by atoms with E-state index in [4.69, 9.17) is 4.74 Å². The number of nitro benzene ring substituents is 1. The molecule has 1 atom stereocenters. The van der Waals surface area contributed by atoms with Crippen LogP contribution in [0.5, 0.6) is 0 Å². The fourth-order valence-electron chi connectivity index (χ4n) is 2.85. The van der Waals surface area contributed by atoms with Gasteiger partial charge in [0.15, 0.2) is 0 Å². The average molecular weight is 357 g/mol. The van der Waals surface area contributed by atoms with Crippen molar-refractivity contribution >= 4 is 27.3 Å². The molecule has 1 aromatic carbocycles. The van der Waals surface area contributed by atoms with Crippen molar-refractivity contribution in [2.24, 2.45) is 0 Å². The average Bonchev–Trinajstić information content (AvgIpc) is 2.49. The van der Waals surface area contributed by atoms with Gasteiger partial charge in [0.2, 0.25) is 0 Å². The zero-order valence-corrected chi connectivity index (χ0v) is 14.0. The molecule has 1 saturated heterocycles. The molecule has 6 heteroatoms. The second kappa shape index (κ2) is 6.75. The molecule has 2 rings (SSSR count). The van der Waals surface area contributed by atoms with Crippen LogP contribution in [0.25, 0.3) is 0 Å². The van der Waals surface area contributed by atoms with E-state index in [1.807, 2.05) is 0 Å². The van der Waals surface area contributed by atoms with Crippen LogP contribution >= 0.6 is 15.9 Å². The predicted octanol–water partition coefficient (Wildman–Crippen LogP) is 4.51. The van der Waals surface area contributed by atoms with Gasteiger partial charge in [-0.2, -0.15) is 0 Å². The van der Waals surface area contributed by atoms with Gasteiger partial charge < -0.3 is 10.1 Å². The monoisotopic (exact) mass is 356 g/mol. The summed E-state index contributed by atoms with van der Waals surface area (Å²) in [6.45, 7) is 5.07. The number of anilines is 1. The van der Waals surface area contributed by atoms with Gasteiger partial charge in [-0.3, -0.25) is 10.1 Å². The Morgan fingerprint density at radius 1 is 1.48 bits per heavy atom. The Bertz CT molecular complexity index is 518. The van der Waals surface area contributed by atoms with Crippen LogP contribution in [0.15, 0.2) is 22.7 Å². The third kappa shape index (κ3) is 3.74. The highest BCUT2D eigenvalue weighted by Gasteiger charge is 2.34. The van der Waals surface area contributed by atoms with Gasteiger partial charge in [0.1, 0.15) is 0 Å². The van der Waals surface area contributed by atoms with E-state index in [2.05, 4.69) is 35.1 Å². The Morgan fingerprint density at radius 2 is 2.19 bits per heavy atom. The number of benzene rings is 1. The maximum atomic E-state index is 10.8. The van der Waals surface area contributed by atoms with Crippen LogP contribution in [0, 0.1) is 10.1 Å². The van der Waals surface area contributed by atoms with Crippen LogP contribution in [0.3, 0.4) is 0 Å². The molecule has 0 aliphatic carbocycles. The number of nitrogens with one attached hydrogen (secondary N) is 1. The lowest BCUT2D eigenvalue weighted by molar-refractivity contribution is -0.384. The summed E-state index contributed by atoms with van der Waals surface area (Å²) in [5, 5.41) is 14.3. The summed E-state index contributed by atoms with van der Waals surface area (Å²) in [6, 6.07) is 5.15. The van der Waals surface area contributed by atoms with E-state index in [9.17, 15) is 10.1 Å². The maximum Gasteiger partial charge on any atom is 0.270 e. The molecule has 1 aromatic rings. The smallest absolute Gasteiger partial charge is 0.270 e. The lowest BCUT2D eigenvalue weighted by Crippen LogP contribution is -2.43. The van der Waals surface area contributed by atoms with Crippen LogP contribution in [0.4, 0.5) is 11.4 Å². The quantitative estimate of drug-likeness (QED) is 0.622. The number of hydrogen-bond donors (Lipinski definition) is 1. The minimum Gasteiger partial charge on any atom is -0.381 e. The summed E-state index contributed by atoms with van der Waals surface area (Å²) in [6.07, 6.45) is 3.92. The van der Waals surface area contributed by atoms with Crippen molar-refractivity contribution in [3.63, 3.8) is 0 Å². The molecular formula is C15H21BrN2O3. The molecule has 1 aliphatic rings. The van der Waals surface area contributed by atoms with E-state index in [-0.39, 0.29) is 16.2 Å². The van der Waals surface area contributed by atoms with Crippen LogP contribution in [-0.4, -0.2) is 23.2 Å². The molecule has 1 heterocycles. The topological polar surface area (TPSA) is 64.4 Å². The third-order valence-corrected chi connectivity index (χ3v) is 4.96. The number of nitrogens with zero attached hydrogens (tertiary/aromatic N) is 1. The van der Waals surface area contributed by atoms with Crippen molar-refractivity contribution in [3.05, 3.63) is 32.8 Å². The van der Waals surface area contributed by atoms with Gasteiger partial charge in [0.05, 0.1) is 10.5 Å². The van der Waals surface area contributed by atoms with E-state index < -0.39 is 0 Å². The standard InChI is InChI=1S/C15H21BrN2O3/c1-3-15(4-2)10-11(7-8-21-15)17-14-6-5-12(18(19)20)9-13(14)16/h5-6,9,11,17H,3-4,7-8,10H2,1-2H3. The molecule has 5 nitrogen and oxygen atoms in total. The SMILES string of the molecule is CCC1(CC)CC(Nc2ccc([N+](=O)[O-])cc2Br)CCO1. The summed E-state index contributed by atoms with van der Waals surface area (Å²) >= 11 is 3.41. The van der Waals surface area contributed by atoms with Crippen molar-refractivity contribution in [3.8, 4) is 0 Å². The fraction of sp³-hybridized carbons (Fsp3) is 0.600. The van der Waals surface area contributed by atoms with Gasteiger partial charge in [0.25, 0.3) is 5.69 Å². The number of rotatable bonds is 5. The van der Waals surface area contributed by atoms with E-state index in [0.29, 0.717) is 6.04 Å². The number of halogens is 1. The van der Waals surface area contributed by atoms with Crippen LogP contribution in [0.2, 0.25) is 0 Å². The van der Waals surface area contributed by atoms with Crippen molar-refractivity contribution in [2.75, 3.05) is 11.9 Å². The van der Waals surface area contributed by atoms with Crippen molar-refractivity contribution in [2.45, 2.75) is 51.2 Å². The summed E-state index contributed by atoms with van der Waals surface area (Å²) < 4.78 is 6.70. The Kier molecular flexibility index (Phi) is 5.22. The van der Waals surface area contributed by atoms with Gasteiger partial charge in [-0.05, 0) is 47.7 Å². The molecule has 1 fully saturated rings. The first-order chi connectivity index (χ1) is 9.99. The molecular weight excluding hydrogens is 336 g/mol. The summed E-state index contributed by atoms with van der Waals surface area (Å²) in [4.78, 5) is 10.4. The normalized spacial score (nSPS) is 21.0. The molecule has 0 bridgehead atoms. The van der Waals surface area contributed by atoms with Crippen LogP contribution in [0.1, 0.15) is 39.5 Å². The molecule has 1 aliphatic heterocycles. The van der Waals surface area contributed by atoms with Gasteiger partial charge in [-0.15, -0.1) is 0 Å². The minimum atomic E-state index is -0.387. The molecule has 116 valence electrons. The predicted molar refractivity (Wildman–Crippen MR) is 86.7 cm³/mol. The fourth-order valence-corrected chi connectivity index (χ4v) is 3.33. The van der Waals surface area contributed by atoms with E-state index in [0.717, 1.165) is 42.5 Å².